The van der Waals surface area contributed by atoms with Gasteiger partial charge in [0.05, 0.1) is 11.2 Å². The number of nitrogens with zero attached hydrogens (tertiary/aromatic N) is 3. The highest BCUT2D eigenvalue weighted by molar-refractivity contribution is 7.11. The van der Waals surface area contributed by atoms with Crippen molar-refractivity contribution in [3.8, 4) is 0 Å². The summed E-state index contributed by atoms with van der Waals surface area (Å²) in [5, 5.41) is 6.18. The monoisotopic (exact) mass is 373 g/mol. The topological polar surface area (TPSA) is 69.6 Å². The SMILES string of the molecule is CCc1ccc(CN(C)C(=NC)NCCNC(=O)c2scnc2C)cc1. The molecule has 0 aliphatic carbocycles. The molecule has 0 unspecified atom stereocenters. The van der Waals surface area contributed by atoms with Gasteiger partial charge in [-0.2, -0.15) is 0 Å². The van der Waals surface area contributed by atoms with E-state index in [0.29, 0.717) is 18.0 Å². The molecule has 0 fully saturated rings. The van der Waals surface area contributed by atoms with Crippen LogP contribution in [-0.2, 0) is 13.0 Å². The first-order chi connectivity index (χ1) is 12.5. The average Bonchev–Trinajstić information content (AvgIpc) is 3.08. The van der Waals surface area contributed by atoms with Gasteiger partial charge in [-0.05, 0) is 24.5 Å². The molecule has 0 saturated heterocycles. The summed E-state index contributed by atoms with van der Waals surface area (Å²) < 4.78 is 0. The lowest BCUT2D eigenvalue weighted by Gasteiger charge is -2.22. The highest BCUT2D eigenvalue weighted by Gasteiger charge is 2.11. The van der Waals surface area contributed by atoms with E-state index in [1.165, 1.54) is 22.5 Å². The third-order valence-corrected chi connectivity index (χ3v) is 5.00. The van der Waals surface area contributed by atoms with Crippen LogP contribution in [-0.4, -0.2) is 48.9 Å². The number of hydrogen-bond acceptors (Lipinski definition) is 4. The predicted octanol–water partition coefficient (Wildman–Crippen LogP) is 2.45. The summed E-state index contributed by atoms with van der Waals surface area (Å²) in [6, 6.07) is 8.63. The first-order valence-corrected chi connectivity index (χ1v) is 9.61. The Morgan fingerprint density at radius 3 is 2.42 bits per heavy atom. The molecule has 0 spiro atoms. The zero-order valence-corrected chi connectivity index (χ0v) is 16.7. The maximum atomic E-state index is 12.1. The highest BCUT2D eigenvalue weighted by atomic mass is 32.1. The van der Waals surface area contributed by atoms with Gasteiger partial charge in [0.2, 0.25) is 0 Å². The van der Waals surface area contributed by atoms with E-state index in [9.17, 15) is 4.79 Å². The molecule has 1 aromatic carbocycles. The van der Waals surface area contributed by atoms with Crippen molar-refractivity contribution in [2.45, 2.75) is 26.8 Å². The van der Waals surface area contributed by atoms with Crippen LogP contribution in [0.5, 0.6) is 0 Å². The minimum absolute atomic E-state index is 0.0776. The van der Waals surface area contributed by atoms with Crippen LogP contribution in [0.25, 0.3) is 0 Å². The summed E-state index contributed by atoms with van der Waals surface area (Å²) in [4.78, 5) is 23.2. The number of benzene rings is 1. The number of aliphatic imine (C=N–C) groups is 1. The Morgan fingerprint density at radius 2 is 1.85 bits per heavy atom. The Labute approximate surface area is 159 Å². The van der Waals surface area contributed by atoms with Gasteiger partial charge >= 0.3 is 0 Å². The number of rotatable bonds is 7. The van der Waals surface area contributed by atoms with E-state index in [1.807, 2.05) is 14.0 Å². The van der Waals surface area contributed by atoms with Gasteiger partial charge < -0.3 is 15.5 Å². The maximum Gasteiger partial charge on any atom is 0.263 e. The van der Waals surface area contributed by atoms with Crippen molar-refractivity contribution in [3.05, 3.63) is 51.5 Å². The largest absolute Gasteiger partial charge is 0.354 e. The number of aryl methyl sites for hydroxylation is 2. The van der Waals surface area contributed by atoms with Crippen LogP contribution < -0.4 is 10.6 Å². The van der Waals surface area contributed by atoms with Gasteiger partial charge in [-0.15, -0.1) is 11.3 Å². The number of amides is 1. The van der Waals surface area contributed by atoms with Gasteiger partial charge in [-0.25, -0.2) is 4.98 Å². The molecule has 2 aromatic rings. The standard InChI is InChI=1S/C19H27N5OS/c1-5-15-6-8-16(9-7-15)12-24(4)19(20-3)22-11-10-21-18(25)17-14(2)23-13-26-17/h6-9,13H,5,10-12H2,1-4H3,(H,20,22)(H,21,25). The fourth-order valence-electron chi connectivity index (χ4n) is 2.56. The van der Waals surface area contributed by atoms with Crippen molar-refractivity contribution in [2.75, 3.05) is 27.2 Å². The highest BCUT2D eigenvalue weighted by Crippen LogP contribution is 2.11. The molecule has 0 radical (unpaired) electrons. The molecule has 1 heterocycles. The molecule has 6 nitrogen and oxygen atoms in total. The molecule has 140 valence electrons. The predicted molar refractivity (Wildman–Crippen MR) is 108 cm³/mol. The minimum Gasteiger partial charge on any atom is -0.354 e. The Balaban J connectivity index is 1.77. The second-order valence-electron chi connectivity index (χ2n) is 6.02. The fraction of sp³-hybridized carbons (Fsp3) is 0.421. The average molecular weight is 374 g/mol. The van der Waals surface area contributed by atoms with Crippen LogP contribution in [0.4, 0.5) is 0 Å². The van der Waals surface area contributed by atoms with E-state index in [0.717, 1.165) is 24.6 Å². The molecule has 1 amide bonds. The van der Waals surface area contributed by atoms with Crippen LogP contribution in [0.3, 0.4) is 0 Å². The van der Waals surface area contributed by atoms with Crippen molar-refractivity contribution in [1.82, 2.24) is 20.5 Å². The maximum absolute atomic E-state index is 12.1. The van der Waals surface area contributed by atoms with Gasteiger partial charge in [0, 0.05) is 33.7 Å². The molecular weight excluding hydrogens is 346 g/mol. The lowest BCUT2D eigenvalue weighted by molar-refractivity contribution is 0.0957. The zero-order chi connectivity index (χ0) is 18.9. The molecule has 0 atom stereocenters. The van der Waals surface area contributed by atoms with Crippen LogP contribution >= 0.6 is 11.3 Å². The van der Waals surface area contributed by atoms with Gasteiger partial charge in [-0.1, -0.05) is 31.2 Å². The number of carbonyl (C=O) groups is 1. The Bertz CT molecular complexity index is 739. The van der Waals surface area contributed by atoms with Gasteiger partial charge in [0.1, 0.15) is 4.88 Å². The van der Waals surface area contributed by atoms with Gasteiger partial charge in [0.25, 0.3) is 5.91 Å². The number of guanidine groups is 1. The second kappa shape index (κ2) is 9.91. The van der Waals surface area contributed by atoms with E-state index >= 15 is 0 Å². The van der Waals surface area contributed by atoms with Crippen LogP contribution in [0.15, 0.2) is 34.8 Å². The summed E-state index contributed by atoms with van der Waals surface area (Å²) in [6.07, 6.45) is 1.05. The van der Waals surface area contributed by atoms with Crippen molar-refractivity contribution < 1.29 is 4.79 Å². The lowest BCUT2D eigenvalue weighted by Crippen LogP contribution is -2.42. The molecule has 0 saturated carbocycles. The summed E-state index contributed by atoms with van der Waals surface area (Å²) >= 11 is 1.36. The smallest absolute Gasteiger partial charge is 0.263 e. The summed E-state index contributed by atoms with van der Waals surface area (Å²) in [7, 11) is 3.76. The molecule has 7 heteroatoms. The van der Waals surface area contributed by atoms with Crippen molar-refractivity contribution in [1.29, 1.82) is 0 Å². The fourth-order valence-corrected chi connectivity index (χ4v) is 3.28. The third kappa shape index (κ3) is 5.56. The molecule has 26 heavy (non-hydrogen) atoms. The van der Waals surface area contributed by atoms with Crippen molar-refractivity contribution >= 4 is 23.2 Å². The van der Waals surface area contributed by atoms with E-state index in [1.54, 1.807) is 12.6 Å². The molecule has 1 aromatic heterocycles. The van der Waals surface area contributed by atoms with E-state index < -0.39 is 0 Å². The molecule has 0 bridgehead atoms. The number of hydrogen-bond donors (Lipinski definition) is 2. The Morgan fingerprint density at radius 1 is 1.19 bits per heavy atom. The number of carbonyl (C=O) groups excluding carboxylic acids is 1. The third-order valence-electron chi connectivity index (χ3n) is 4.07. The molecule has 0 aliphatic rings. The van der Waals surface area contributed by atoms with E-state index in [2.05, 4.69) is 56.7 Å². The first kappa shape index (κ1) is 19.9. The summed E-state index contributed by atoms with van der Waals surface area (Å²) in [5.41, 5.74) is 5.03. The molecule has 2 rings (SSSR count). The molecular formula is C19H27N5OS. The number of nitrogens with one attached hydrogen (secondary N) is 2. The quantitative estimate of drug-likeness (QED) is 0.444. The van der Waals surface area contributed by atoms with Crippen LogP contribution in [0.2, 0.25) is 0 Å². The Kier molecular flexibility index (Phi) is 7.59. The van der Waals surface area contributed by atoms with E-state index in [4.69, 9.17) is 0 Å². The minimum atomic E-state index is -0.0776. The second-order valence-corrected chi connectivity index (χ2v) is 6.88. The Hall–Kier alpha value is -2.41. The van der Waals surface area contributed by atoms with Crippen LogP contribution in [0, 0.1) is 6.92 Å². The van der Waals surface area contributed by atoms with Gasteiger partial charge in [0.15, 0.2) is 5.96 Å². The first-order valence-electron chi connectivity index (χ1n) is 8.73. The number of thiazole rings is 1. The number of aromatic nitrogens is 1. The van der Waals surface area contributed by atoms with Gasteiger partial charge in [-0.3, -0.25) is 9.79 Å². The lowest BCUT2D eigenvalue weighted by atomic mass is 10.1. The van der Waals surface area contributed by atoms with Crippen molar-refractivity contribution in [2.24, 2.45) is 4.99 Å². The van der Waals surface area contributed by atoms with E-state index in [-0.39, 0.29) is 5.91 Å². The normalized spacial score (nSPS) is 11.3. The summed E-state index contributed by atoms with van der Waals surface area (Å²) in [5.74, 6) is 0.721. The summed E-state index contributed by atoms with van der Waals surface area (Å²) in [6.45, 7) is 5.90. The molecule has 2 N–H and O–H groups in total. The zero-order valence-electron chi connectivity index (χ0n) is 15.9. The van der Waals surface area contributed by atoms with Crippen molar-refractivity contribution in [3.63, 3.8) is 0 Å². The molecule has 0 aliphatic heterocycles. The van der Waals surface area contributed by atoms with Crippen LogP contribution in [0.1, 0.15) is 33.4 Å².